The monoisotopic (exact) mass is 244 g/mol. The predicted molar refractivity (Wildman–Crippen MR) is 65.1 cm³/mol. The molecule has 0 aliphatic rings. The van der Waals surface area contributed by atoms with Gasteiger partial charge in [0.15, 0.2) is 0 Å². The summed E-state index contributed by atoms with van der Waals surface area (Å²) < 4.78 is 2.30. The number of aryl methyl sites for hydroxylation is 1. The van der Waals surface area contributed by atoms with Gasteiger partial charge in [0.05, 0.1) is 0 Å². The topological polar surface area (TPSA) is 16.8 Å². The minimum Gasteiger partial charge on any atom is -1.00 e. The molecule has 2 aromatic carbocycles. The summed E-state index contributed by atoms with van der Waals surface area (Å²) in [5, 5.41) is 0. The van der Waals surface area contributed by atoms with Gasteiger partial charge in [0.25, 0.3) is 0 Å². The first-order valence-electron chi connectivity index (χ1n) is 5.57. The summed E-state index contributed by atoms with van der Waals surface area (Å²) in [7, 11) is 0. The van der Waals surface area contributed by atoms with Gasteiger partial charge >= 0.3 is 0 Å². The minimum atomic E-state index is 0. The summed E-state index contributed by atoms with van der Waals surface area (Å²) in [6.07, 6.45) is 0. The molecule has 1 aromatic heterocycles. The van der Waals surface area contributed by atoms with Crippen LogP contribution in [0.1, 0.15) is 6.92 Å². The van der Waals surface area contributed by atoms with Crippen LogP contribution in [0.3, 0.4) is 0 Å². The fraction of sp³-hybridized carbons (Fsp3) is 0.143. The first-order chi connectivity index (χ1) is 7.90. The van der Waals surface area contributed by atoms with Gasteiger partial charge in [-0.2, -0.15) is 4.57 Å². The number of halogens is 1. The van der Waals surface area contributed by atoms with Crippen molar-refractivity contribution in [2.45, 2.75) is 13.5 Å². The zero-order chi connectivity index (χ0) is 11.0. The maximum atomic E-state index is 4.67. The van der Waals surface area contributed by atoms with Crippen molar-refractivity contribution < 1.29 is 17.0 Å². The quantitative estimate of drug-likeness (QED) is 0.424. The second-order valence-corrected chi connectivity index (χ2v) is 3.83. The second-order valence-electron chi connectivity index (χ2n) is 3.83. The van der Waals surface area contributed by atoms with Crippen LogP contribution in [-0.4, -0.2) is 4.98 Å². The maximum absolute atomic E-state index is 4.67. The molecule has 17 heavy (non-hydrogen) atoms. The average Bonchev–Trinajstić information content (AvgIpc) is 2.36. The number of para-hydroxylation sites is 4. The summed E-state index contributed by atoms with van der Waals surface area (Å²) in [6, 6.07) is 16.6. The summed E-state index contributed by atoms with van der Waals surface area (Å²) in [5.74, 6) is 0. The van der Waals surface area contributed by atoms with Gasteiger partial charge in [-0.3, -0.25) is 0 Å². The van der Waals surface area contributed by atoms with Gasteiger partial charge in [-0.1, -0.05) is 24.3 Å². The SMILES string of the molecule is CC[n+]1c2ccccc2nc2ccccc21.[Cl-]. The Morgan fingerprint density at radius 3 is 1.82 bits per heavy atom. The smallest absolute Gasteiger partial charge is 0.231 e. The third-order valence-electron chi connectivity index (χ3n) is 2.90. The van der Waals surface area contributed by atoms with Gasteiger partial charge in [0, 0.05) is 12.1 Å². The van der Waals surface area contributed by atoms with Crippen LogP contribution < -0.4 is 17.0 Å². The lowest BCUT2D eigenvalue weighted by atomic mass is 10.2. The normalized spacial score (nSPS) is 10.4. The Bertz CT molecular complexity index is 610. The van der Waals surface area contributed by atoms with Gasteiger partial charge in [-0.05, 0) is 19.1 Å². The molecule has 0 bridgehead atoms. The van der Waals surface area contributed by atoms with E-state index in [-0.39, 0.29) is 12.4 Å². The van der Waals surface area contributed by atoms with Crippen LogP contribution in [0.4, 0.5) is 0 Å². The predicted octanol–water partition coefficient (Wildman–Crippen LogP) is -0.301. The van der Waals surface area contributed by atoms with E-state index in [0.717, 1.165) is 17.6 Å². The lowest BCUT2D eigenvalue weighted by Crippen LogP contribution is -3.00. The number of hydrogen-bond acceptors (Lipinski definition) is 1. The fourth-order valence-corrected chi connectivity index (χ4v) is 2.17. The zero-order valence-electron chi connectivity index (χ0n) is 9.60. The molecule has 0 saturated carbocycles. The highest BCUT2D eigenvalue weighted by Gasteiger charge is 2.13. The van der Waals surface area contributed by atoms with E-state index in [1.807, 2.05) is 12.1 Å². The lowest BCUT2D eigenvalue weighted by molar-refractivity contribution is -0.641. The number of rotatable bonds is 1. The Kier molecular flexibility index (Phi) is 3.25. The van der Waals surface area contributed by atoms with E-state index in [4.69, 9.17) is 0 Å². The van der Waals surface area contributed by atoms with Crippen LogP contribution >= 0.6 is 0 Å². The van der Waals surface area contributed by atoms with E-state index in [0.29, 0.717) is 0 Å². The molecule has 0 aliphatic carbocycles. The van der Waals surface area contributed by atoms with Crippen LogP contribution in [-0.2, 0) is 6.54 Å². The van der Waals surface area contributed by atoms with Crippen molar-refractivity contribution in [3.63, 3.8) is 0 Å². The maximum Gasteiger partial charge on any atom is 0.231 e. The number of hydrogen-bond donors (Lipinski definition) is 0. The molecular weight excluding hydrogens is 232 g/mol. The Labute approximate surface area is 106 Å². The molecule has 0 aliphatic heterocycles. The van der Waals surface area contributed by atoms with Crippen LogP contribution in [0.25, 0.3) is 22.1 Å². The van der Waals surface area contributed by atoms with E-state index in [9.17, 15) is 0 Å². The molecule has 0 amide bonds. The molecule has 86 valence electrons. The molecule has 2 nitrogen and oxygen atoms in total. The van der Waals surface area contributed by atoms with Crippen molar-refractivity contribution in [2.24, 2.45) is 0 Å². The van der Waals surface area contributed by atoms with E-state index < -0.39 is 0 Å². The number of benzene rings is 2. The van der Waals surface area contributed by atoms with Crippen LogP contribution in [0, 0.1) is 0 Å². The van der Waals surface area contributed by atoms with Crippen molar-refractivity contribution in [1.29, 1.82) is 0 Å². The van der Waals surface area contributed by atoms with E-state index in [1.54, 1.807) is 0 Å². The standard InChI is InChI=1S/C14H13N2.ClH/c1-2-16-13-9-5-3-7-11(13)15-12-8-4-6-10-14(12)16;/h3-10H,2H2,1H3;1H/q+1;/p-1. The summed E-state index contributed by atoms with van der Waals surface area (Å²) in [5.41, 5.74) is 4.51. The molecule has 0 spiro atoms. The first-order valence-corrected chi connectivity index (χ1v) is 5.57. The van der Waals surface area contributed by atoms with Gasteiger partial charge in [-0.15, -0.1) is 0 Å². The van der Waals surface area contributed by atoms with E-state index in [2.05, 4.69) is 52.9 Å². The summed E-state index contributed by atoms with van der Waals surface area (Å²) in [6.45, 7) is 3.13. The largest absolute Gasteiger partial charge is 1.00 e. The van der Waals surface area contributed by atoms with Crippen LogP contribution in [0.2, 0.25) is 0 Å². The molecule has 0 fully saturated rings. The van der Waals surface area contributed by atoms with Gasteiger partial charge < -0.3 is 12.4 Å². The number of aromatic nitrogens is 2. The van der Waals surface area contributed by atoms with Gasteiger partial charge in [0.1, 0.15) is 17.6 Å². The average molecular weight is 245 g/mol. The number of fused-ring (bicyclic) bond motifs is 2. The van der Waals surface area contributed by atoms with Crippen molar-refractivity contribution in [2.75, 3.05) is 0 Å². The molecule has 3 aromatic rings. The third kappa shape index (κ3) is 1.85. The highest BCUT2D eigenvalue weighted by Crippen LogP contribution is 2.13. The summed E-state index contributed by atoms with van der Waals surface area (Å²) >= 11 is 0. The minimum absolute atomic E-state index is 0. The zero-order valence-corrected chi connectivity index (χ0v) is 10.4. The van der Waals surface area contributed by atoms with Crippen molar-refractivity contribution in [1.82, 2.24) is 4.98 Å². The second kappa shape index (κ2) is 4.68. The number of nitrogens with zero attached hydrogens (tertiary/aromatic N) is 2. The van der Waals surface area contributed by atoms with Crippen LogP contribution in [0.15, 0.2) is 48.5 Å². The van der Waals surface area contributed by atoms with Gasteiger partial charge in [-0.25, -0.2) is 4.98 Å². The summed E-state index contributed by atoms with van der Waals surface area (Å²) in [4.78, 5) is 4.67. The van der Waals surface area contributed by atoms with E-state index in [1.165, 1.54) is 11.0 Å². The Morgan fingerprint density at radius 1 is 0.882 bits per heavy atom. The molecule has 0 unspecified atom stereocenters. The molecule has 1 heterocycles. The van der Waals surface area contributed by atoms with Crippen molar-refractivity contribution in [3.8, 4) is 0 Å². The molecule has 0 atom stereocenters. The molecular formula is C14H13ClN2. The van der Waals surface area contributed by atoms with Gasteiger partial charge in [0.2, 0.25) is 11.0 Å². The fourth-order valence-electron chi connectivity index (χ4n) is 2.17. The molecule has 0 saturated heterocycles. The molecule has 0 N–H and O–H groups in total. The Morgan fingerprint density at radius 2 is 1.35 bits per heavy atom. The molecule has 3 heteroatoms. The lowest BCUT2D eigenvalue weighted by Gasteiger charge is -2.02. The molecule has 0 radical (unpaired) electrons. The van der Waals surface area contributed by atoms with Crippen LogP contribution in [0.5, 0.6) is 0 Å². The Hall–Kier alpha value is -1.67. The van der Waals surface area contributed by atoms with Crippen molar-refractivity contribution in [3.05, 3.63) is 48.5 Å². The van der Waals surface area contributed by atoms with Crippen molar-refractivity contribution >= 4 is 22.1 Å². The first kappa shape index (κ1) is 11.8. The highest BCUT2D eigenvalue weighted by molar-refractivity contribution is 5.81. The Balaban J connectivity index is 0.00000108. The third-order valence-corrected chi connectivity index (χ3v) is 2.90. The highest BCUT2D eigenvalue weighted by atomic mass is 35.5. The van der Waals surface area contributed by atoms with E-state index >= 15 is 0 Å². The molecule has 3 rings (SSSR count).